The molecule has 5 nitrogen and oxygen atoms in total. The van der Waals surface area contributed by atoms with Gasteiger partial charge in [-0.25, -0.2) is 14.8 Å². The van der Waals surface area contributed by atoms with Crippen LogP contribution in [0.3, 0.4) is 0 Å². The van der Waals surface area contributed by atoms with Crippen molar-refractivity contribution in [1.82, 2.24) is 14.5 Å². The molecule has 0 spiro atoms. The summed E-state index contributed by atoms with van der Waals surface area (Å²) >= 11 is 5.89. The summed E-state index contributed by atoms with van der Waals surface area (Å²) in [4.78, 5) is 19.6. The van der Waals surface area contributed by atoms with Crippen molar-refractivity contribution in [2.75, 3.05) is 0 Å². The van der Waals surface area contributed by atoms with Crippen LogP contribution in [0.15, 0.2) is 18.5 Å². The zero-order valence-corrected chi connectivity index (χ0v) is 10.9. The van der Waals surface area contributed by atoms with Gasteiger partial charge in [-0.1, -0.05) is 11.6 Å². The normalized spacial score (nSPS) is 14.2. The largest absolute Gasteiger partial charge is 0.478 e. The Labute approximate surface area is 114 Å². The lowest BCUT2D eigenvalue weighted by Gasteiger charge is -2.13. The number of carbonyl (C=O) groups is 1. The number of hydrogen-bond donors (Lipinski definition) is 1. The van der Waals surface area contributed by atoms with E-state index in [1.807, 2.05) is 4.57 Å². The molecule has 0 atom stereocenters. The summed E-state index contributed by atoms with van der Waals surface area (Å²) in [7, 11) is 0. The predicted octanol–water partition coefficient (Wildman–Crippen LogP) is 2.50. The van der Waals surface area contributed by atoms with Crippen LogP contribution < -0.4 is 0 Å². The van der Waals surface area contributed by atoms with Gasteiger partial charge < -0.3 is 5.11 Å². The van der Waals surface area contributed by atoms with Crippen LogP contribution >= 0.6 is 11.6 Å². The summed E-state index contributed by atoms with van der Waals surface area (Å²) in [5.74, 6) is -0.500. The minimum absolute atomic E-state index is 0.133. The van der Waals surface area contributed by atoms with Gasteiger partial charge in [-0.15, -0.1) is 0 Å². The van der Waals surface area contributed by atoms with Crippen LogP contribution in [0.5, 0.6) is 0 Å². The van der Waals surface area contributed by atoms with Gasteiger partial charge in [0.2, 0.25) is 0 Å². The maximum atomic E-state index is 11.1. The topological polar surface area (TPSA) is 68.0 Å². The average molecular weight is 278 g/mol. The third-order valence-electron chi connectivity index (χ3n) is 3.30. The van der Waals surface area contributed by atoms with Gasteiger partial charge in [0.15, 0.2) is 0 Å². The maximum absolute atomic E-state index is 11.1. The highest BCUT2D eigenvalue weighted by Gasteiger charge is 2.18. The van der Waals surface area contributed by atoms with E-state index in [4.69, 9.17) is 16.7 Å². The van der Waals surface area contributed by atoms with Crippen molar-refractivity contribution in [3.8, 4) is 5.82 Å². The standard InChI is InChI=1S/C13H12ClN3O2/c14-11-5-8(13(18)19)6-12(16-11)17-7-15-9-3-1-2-4-10(9)17/h5-7H,1-4H2,(H,18,19). The Morgan fingerprint density at radius 3 is 2.89 bits per heavy atom. The summed E-state index contributed by atoms with van der Waals surface area (Å²) in [6.07, 6.45) is 5.86. The number of aryl methyl sites for hydroxylation is 1. The van der Waals surface area contributed by atoms with E-state index in [1.54, 1.807) is 6.33 Å². The van der Waals surface area contributed by atoms with Crippen molar-refractivity contribution in [3.05, 3.63) is 40.6 Å². The predicted molar refractivity (Wildman–Crippen MR) is 70.0 cm³/mol. The smallest absolute Gasteiger partial charge is 0.335 e. The Bertz CT molecular complexity index is 651. The van der Waals surface area contributed by atoms with Crippen LogP contribution in [-0.4, -0.2) is 25.6 Å². The minimum atomic E-state index is -1.01. The van der Waals surface area contributed by atoms with Crippen molar-refractivity contribution in [2.24, 2.45) is 0 Å². The summed E-state index contributed by atoms with van der Waals surface area (Å²) in [5.41, 5.74) is 2.32. The molecule has 2 aromatic rings. The van der Waals surface area contributed by atoms with E-state index >= 15 is 0 Å². The van der Waals surface area contributed by atoms with E-state index < -0.39 is 5.97 Å². The van der Waals surface area contributed by atoms with Gasteiger partial charge in [0, 0.05) is 5.69 Å². The van der Waals surface area contributed by atoms with E-state index in [-0.39, 0.29) is 10.7 Å². The van der Waals surface area contributed by atoms with Crippen molar-refractivity contribution in [1.29, 1.82) is 0 Å². The van der Waals surface area contributed by atoms with Gasteiger partial charge in [-0.05, 0) is 37.8 Å². The summed E-state index contributed by atoms with van der Waals surface area (Å²) < 4.78 is 1.84. The molecular formula is C13H12ClN3O2. The molecule has 0 unspecified atom stereocenters. The summed E-state index contributed by atoms with van der Waals surface area (Å²) in [5, 5.41) is 9.23. The van der Waals surface area contributed by atoms with E-state index in [0.717, 1.165) is 37.1 Å². The number of hydrogen-bond acceptors (Lipinski definition) is 3. The fourth-order valence-electron chi connectivity index (χ4n) is 2.40. The van der Waals surface area contributed by atoms with Gasteiger partial charge in [-0.3, -0.25) is 4.57 Å². The molecule has 0 saturated heterocycles. The van der Waals surface area contributed by atoms with Gasteiger partial charge in [0.1, 0.15) is 17.3 Å². The van der Waals surface area contributed by atoms with Gasteiger partial charge in [0.25, 0.3) is 0 Å². The number of carboxylic acid groups (broad SMARTS) is 1. The van der Waals surface area contributed by atoms with Crippen LogP contribution in [-0.2, 0) is 12.8 Å². The molecule has 1 aliphatic carbocycles. The fraction of sp³-hybridized carbons (Fsp3) is 0.308. The number of aromatic nitrogens is 3. The monoisotopic (exact) mass is 277 g/mol. The number of aromatic carboxylic acids is 1. The number of halogens is 1. The maximum Gasteiger partial charge on any atom is 0.335 e. The SMILES string of the molecule is O=C(O)c1cc(Cl)nc(-n2cnc3c2CCCC3)c1. The van der Waals surface area contributed by atoms with Crippen LogP contribution in [0.25, 0.3) is 5.82 Å². The average Bonchev–Trinajstić information content (AvgIpc) is 2.81. The molecule has 0 amide bonds. The Hall–Kier alpha value is -1.88. The highest BCUT2D eigenvalue weighted by Crippen LogP contribution is 2.23. The highest BCUT2D eigenvalue weighted by atomic mass is 35.5. The zero-order valence-electron chi connectivity index (χ0n) is 10.1. The third kappa shape index (κ3) is 2.21. The summed E-state index contributed by atoms with van der Waals surface area (Å²) in [6.45, 7) is 0. The van der Waals surface area contributed by atoms with Crippen molar-refractivity contribution >= 4 is 17.6 Å². The number of nitrogens with zero attached hydrogens (tertiary/aromatic N) is 3. The quantitative estimate of drug-likeness (QED) is 0.857. The molecule has 98 valence electrons. The lowest BCUT2D eigenvalue weighted by Crippen LogP contribution is -2.09. The third-order valence-corrected chi connectivity index (χ3v) is 3.50. The van der Waals surface area contributed by atoms with Crippen LogP contribution in [0.2, 0.25) is 5.15 Å². The first-order valence-electron chi connectivity index (χ1n) is 6.11. The van der Waals surface area contributed by atoms with Gasteiger partial charge in [0.05, 0.1) is 11.3 Å². The van der Waals surface area contributed by atoms with Gasteiger partial charge in [-0.2, -0.15) is 0 Å². The molecule has 19 heavy (non-hydrogen) atoms. The first-order chi connectivity index (χ1) is 9.15. The van der Waals surface area contributed by atoms with E-state index in [0.29, 0.717) is 5.82 Å². The molecular weight excluding hydrogens is 266 g/mol. The van der Waals surface area contributed by atoms with Crippen molar-refractivity contribution in [2.45, 2.75) is 25.7 Å². The van der Waals surface area contributed by atoms with E-state index in [2.05, 4.69) is 9.97 Å². The molecule has 0 aromatic carbocycles. The lowest BCUT2D eigenvalue weighted by atomic mass is 10.0. The Balaban J connectivity index is 2.11. The number of imidazole rings is 1. The molecule has 2 aromatic heterocycles. The fourth-order valence-corrected chi connectivity index (χ4v) is 2.60. The number of carboxylic acids is 1. The molecule has 0 radical (unpaired) electrons. The molecule has 0 fully saturated rings. The molecule has 6 heteroatoms. The van der Waals surface area contributed by atoms with Crippen LogP contribution in [0.1, 0.15) is 34.6 Å². The van der Waals surface area contributed by atoms with Crippen molar-refractivity contribution < 1.29 is 9.90 Å². The lowest BCUT2D eigenvalue weighted by molar-refractivity contribution is 0.0696. The summed E-state index contributed by atoms with van der Waals surface area (Å²) in [6, 6.07) is 2.86. The molecule has 3 rings (SSSR count). The second kappa shape index (κ2) is 4.66. The molecule has 0 bridgehead atoms. The molecule has 2 heterocycles. The number of pyridine rings is 1. The second-order valence-electron chi connectivity index (χ2n) is 4.56. The van der Waals surface area contributed by atoms with E-state index in [9.17, 15) is 4.79 Å². The zero-order chi connectivity index (χ0) is 13.4. The number of fused-ring (bicyclic) bond motifs is 1. The Kier molecular flexibility index (Phi) is 2.98. The first kappa shape index (κ1) is 12.2. The van der Waals surface area contributed by atoms with Crippen LogP contribution in [0, 0.1) is 0 Å². The van der Waals surface area contributed by atoms with Gasteiger partial charge >= 0.3 is 5.97 Å². The Morgan fingerprint density at radius 2 is 2.11 bits per heavy atom. The molecule has 0 aliphatic heterocycles. The van der Waals surface area contributed by atoms with E-state index in [1.165, 1.54) is 12.1 Å². The molecule has 0 saturated carbocycles. The minimum Gasteiger partial charge on any atom is -0.478 e. The number of rotatable bonds is 2. The second-order valence-corrected chi connectivity index (χ2v) is 4.94. The first-order valence-corrected chi connectivity index (χ1v) is 6.49. The van der Waals surface area contributed by atoms with Crippen molar-refractivity contribution in [3.63, 3.8) is 0 Å². The highest BCUT2D eigenvalue weighted by molar-refractivity contribution is 6.29. The Morgan fingerprint density at radius 1 is 1.32 bits per heavy atom. The van der Waals surface area contributed by atoms with Crippen LogP contribution in [0.4, 0.5) is 0 Å². The molecule has 1 N–H and O–H groups in total. The molecule has 1 aliphatic rings.